The Morgan fingerprint density at radius 1 is 1.05 bits per heavy atom. The van der Waals surface area contributed by atoms with Crippen molar-refractivity contribution in [3.63, 3.8) is 0 Å². The minimum Gasteiger partial charge on any atom is -0.466 e. The van der Waals surface area contributed by atoms with E-state index < -0.39 is 0 Å². The van der Waals surface area contributed by atoms with E-state index in [1.54, 1.807) is 6.07 Å². The zero-order chi connectivity index (χ0) is 26.4. The molecule has 38 heavy (non-hydrogen) atoms. The van der Waals surface area contributed by atoms with Crippen molar-refractivity contribution in [1.82, 2.24) is 4.90 Å². The van der Waals surface area contributed by atoms with Crippen LogP contribution in [-0.2, 0) is 22.5 Å². The summed E-state index contributed by atoms with van der Waals surface area (Å²) in [6.45, 7) is 4.31. The number of carbonyl (C=O) groups excluding carboxylic acids is 2. The molecule has 198 valence electrons. The standard InChI is InChI=1S/C29H30N4O3S.ClH/c1-3-36-28(35)19(2)15-20-7-4-9-22(16-20)32-23-12-13-25-21(17-23)8-5-11-26(25)27(34)33(29(30)31)18-24-10-6-14-37-24;/h4-14,16-17,19,32H,3,15,18H2,1-2H3,(H3,30,31);1H. The SMILES string of the molecule is CCOC(=O)C(C)Cc1cccc(Nc2ccc3c(C(=O)N(Cc4cccs4)C(=N)N)cccc3c2)c1.Cl. The van der Waals surface area contributed by atoms with Crippen LogP contribution in [0.15, 0.2) is 78.2 Å². The molecule has 1 atom stereocenters. The van der Waals surface area contributed by atoms with E-state index in [0.29, 0.717) is 18.6 Å². The van der Waals surface area contributed by atoms with Crippen LogP contribution >= 0.6 is 23.7 Å². The second-order valence-electron chi connectivity index (χ2n) is 8.78. The summed E-state index contributed by atoms with van der Waals surface area (Å²) in [4.78, 5) is 27.6. The molecule has 9 heteroatoms. The number of benzene rings is 3. The third-order valence-corrected chi connectivity index (χ3v) is 6.85. The second-order valence-corrected chi connectivity index (χ2v) is 9.81. The van der Waals surface area contributed by atoms with Gasteiger partial charge in [-0.25, -0.2) is 0 Å². The normalized spacial score (nSPS) is 11.3. The van der Waals surface area contributed by atoms with E-state index in [9.17, 15) is 9.59 Å². The molecule has 1 aromatic heterocycles. The first kappa shape index (κ1) is 28.7. The lowest BCUT2D eigenvalue weighted by molar-refractivity contribution is -0.147. The molecule has 0 aliphatic heterocycles. The van der Waals surface area contributed by atoms with Crippen molar-refractivity contribution in [1.29, 1.82) is 5.41 Å². The molecule has 1 unspecified atom stereocenters. The molecule has 1 amide bonds. The number of rotatable bonds is 9. The number of thiophene rings is 1. The third kappa shape index (κ3) is 6.90. The van der Waals surface area contributed by atoms with Crippen LogP contribution in [-0.4, -0.2) is 29.3 Å². The highest BCUT2D eigenvalue weighted by molar-refractivity contribution is 7.09. The number of guanidine groups is 1. The minimum absolute atomic E-state index is 0. The number of ether oxygens (including phenoxy) is 1. The number of anilines is 2. The highest BCUT2D eigenvalue weighted by atomic mass is 35.5. The highest BCUT2D eigenvalue weighted by Gasteiger charge is 2.21. The number of nitrogens with one attached hydrogen (secondary N) is 2. The fourth-order valence-electron chi connectivity index (χ4n) is 4.18. The number of nitrogens with zero attached hydrogens (tertiary/aromatic N) is 1. The molecule has 0 aliphatic carbocycles. The zero-order valence-electron chi connectivity index (χ0n) is 21.3. The van der Waals surface area contributed by atoms with Gasteiger partial charge in [-0.3, -0.25) is 19.9 Å². The van der Waals surface area contributed by atoms with E-state index in [4.69, 9.17) is 15.9 Å². The lowest BCUT2D eigenvalue weighted by atomic mass is 10.0. The molecule has 7 nitrogen and oxygen atoms in total. The van der Waals surface area contributed by atoms with Gasteiger partial charge in [0.05, 0.1) is 19.1 Å². The molecule has 4 N–H and O–H groups in total. The van der Waals surface area contributed by atoms with Crippen molar-refractivity contribution in [3.05, 3.63) is 94.2 Å². The average molecular weight is 551 g/mol. The fraction of sp³-hybridized carbons (Fsp3) is 0.207. The Morgan fingerprint density at radius 3 is 2.53 bits per heavy atom. The monoisotopic (exact) mass is 550 g/mol. The zero-order valence-corrected chi connectivity index (χ0v) is 22.9. The summed E-state index contributed by atoms with van der Waals surface area (Å²) in [6, 6.07) is 23.1. The molecule has 0 fully saturated rings. The molecule has 0 radical (unpaired) electrons. The summed E-state index contributed by atoms with van der Waals surface area (Å²) in [5.41, 5.74) is 9.08. The van der Waals surface area contributed by atoms with Crippen LogP contribution in [0.4, 0.5) is 11.4 Å². The van der Waals surface area contributed by atoms with Gasteiger partial charge in [-0.05, 0) is 71.5 Å². The van der Waals surface area contributed by atoms with E-state index in [1.165, 1.54) is 16.2 Å². The van der Waals surface area contributed by atoms with Crippen LogP contribution < -0.4 is 11.1 Å². The molecule has 4 aromatic rings. The van der Waals surface area contributed by atoms with Gasteiger partial charge in [-0.15, -0.1) is 23.7 Å². The van der Waals surface area contributed by atoms with E-state index in [-0.39, 0.29) is 42.7 Å². The van der Waals surface area contributed by atoms with Crippen LogP contribution in [0.3, 0.4) is 0 Å². The molecule has 0 saturated heterocycles. The molecule has 0 aliphatic rings. The van der Waals surface area contributed by atoms with Gasteiger partial charge >= 0.3 is 5.97 Å². The maximum absolute atomic E-state index is 13.4. The first-order chi connectivity index (χ1) is 17.9. The van der Waals surface area contributed by atoms with Crippen LogP contribution in [0.2, 0.25) is 0 Å². The lowest BCUT2D eigenvalue weighted by Crippen LogP contribution is -2.40. The largest absolute Gasteiger partial charge is 0.466 e. The molecule has 0 bridgehead atoms. The first-order valence-electron chi connectivity index (χ1n) is 12.1. The molecule has 4 rings (SSSR count). The van der Waals surface area contributed by atoms with Crippen LogP contribution in [0.5, 0.6) is 0 Å². The van der Waals surface area contributed by atoms with Crippen molar-refractivity contribution >= 4 is 63.7 Å². The maximum atomic E-state index is 13.4. The maximum Gasteiger partial charge on any atom is 0.308 e. The molecule has 0 spiro atoms. The number of hydrogen-bond acceptors (Lipinski definition) is 6. The average Bonchev–Trinajstić information content (AvgIpc) is 3.40. The van der Waals surface area contributed by atoms with E-state index in [2.05, 4.69) is 5.32 Å². The lowest BCUT2D eigenvalue weighted by Gasteiger charge is -2.21. The molecular weight excluding hydrogens is 520 g/mol. The third-order valence-electron chi connectivity index (χ3n) is 5.99. The smallest absolute Gasteiger partial charge is 0.308 e. The van der Waals surface area contributed by atoms with Crippen molar-refractivity contribution < 1.29 is 14.3 Å². The summed E-state index contributed by atoms with van der Waals surface area (Å²) in [6.07, 6.45) is 0.593. The molecular formula is C29H31ClN4O3S. The van der Waals surface area contributed by atoms with Gasteiger partial charge in [0.25, 0.3) is 5.91 Å². The number of nitrogens with two attached hydrogens (primary N) is 1. The van der Waals surface area contributed by atoms with Gasteiger partial charge in [0, 0.05) is 21.8 Å². The minimum atomic E-state index is -0.310. The summed E-state index contributed by atoms with van der Waals surface area (Å²) in [5, 5.41) is 15.0. The Hall–Kier alpha value is -3.88. The van der Waals surface area contributed by atoms with Crippen molar-refractivity contribution in [3.8, 4) is 0 Å². The molecule has 1 heterocycles. The number of fused-ring (bicyclic) bond motifs is 1. The van der Waals surface area contributed by atoms with Gasteiger partial charge in [0.2, 0.25) is 0 Å². The predicted molar refractivity (Wildman–Crippen MR) is 157 cm³/mol. The number of hydrogen-bond donors (Lipinski definition) is 3. The van der Waals surface area contributed by atoms with Gasteiger partial charge in [0.15, 0.2) is 5.96 Å². The summed E-state index contributed by atoms with van der Waals surface area (Å²) in [5.74, 6) is -1.01. The quantitative estimate of drug-likeness (QED) is 0.128. The fourth-order valence-corrected chi connectivity index (χ4v) is 4.87. The first-order valence-corrected chi connectivity index (χ1v) is 13.0. The van der Waals surface area contributed by atoms with E-state index in [0.717, 1.165) is 32.6 Å². The van der Waals surface area contributed by atoms with Gasteiger partial charge in [-0.1, -0.05) is 43.3 Å². The van der Waals surface area contributed by atoms with Crippen LogP contribution in [0.1, 0.15) is 34.6 Å². The number of carbonyl (C=O) groups is 2. The molecule has 0 saturated carbocycles. The van der Waals surface area contributed by atoms with Gasteiger partial charge in [0.1, 0.15) is 0 Å². The van der Waals surface area contributed by atoms with Gasteiger partial charge < -0.3 is 15.8 Å². The number of esters is 1. The Balaban J connectivity index is 0.00000400. The summed E-state index contributed by atoms with van der Waals surface area (Å²) < 4.78 is 5.12. The van der Waals surface area contributed by atoms with Crippen LogP contribution in [0, 0.1) is 11.3 Å². The number of halogens is 1. The summed E-state index contributed by atoms with van der Waals surface area (Å²) in [7, 11) is 0. The van der Waals surface area contributed by atoms with E-state index in [1.807, 2.05) is 86.0 Å². The summed E-state index contributed by atoms with van der Waals surface area (Å²) >= 11 is 1.52. The number of amides is 1. The van der Waals surface area contributed by atoms with E-state index >= 15 is 0 Å². The molecule has 3 aromatic carbocycles. The van der Waals surface area contributed by atoms with Crippen molar-refractivity contribution in [2.45, 2.75) is 26.8 Å². The van der Waals surface area contributed by atoms with Crippen molar-refractivity contribution in [2.24, 2.45) is 11.7 Å². The van der Waals surface area contributed by atoms with Crippen molar-refractivity contribution in [2.75, 3.05) is 11.9 Å². The highest BCUT2D eigenvalue weighted by Crippen LogP contribution is 2.27. The topological polar surface area (TPSA) is 109 Å². The Kier molecular flexibility index (Phi) is 9.87. The Labute approximate surface area is 232 Å². The van der Waals surface area contributed by atoms with Crippen LogP contribution in [0.25, 0.3) is 10.8 Å². The Bertz CT molecular complexity index is 1420. The Morgan fingerprint density at radius 2 is 1.82 bits per heavy atom. The van der Waals surface area contributed by atoms with Gasteiger partial charge in [-0.2, -0.15) is 0 Å². The second kappa shape index (κ2) is 13.1. The predicted octanol–water partition coefficient (Wildman–Crippen LogP) is 6.34.